The Kier molecular flexibility index (Phi) is 5.72. The molecule has 4 rings (SSSR count). The van der Waals surface area contributed by atoms with Gasteiger partial charge >= 0.3 is 0 Å². The molecule has 3 aromatic rings. The highest BCUT2D eigenvalue weighted by atomic mass is 16.6. The Balaban J connectivity index is 1.76. The van der Waals surface area contributed by atoms with Gasteiger partial charge in [-0.05, 0) is 42.3 Å². The van der Waals surface area contributed by atoms with Gasteiger partial charge in [0.25, 0.3) is 5.69 Å². The number of hydrogen-bond donors (Lipinski definition) is 0. The summed E-state index contributed by atoms with van der Waals surface area (Å²) >= 11 is 0. The molecule has 0 bridgehead atoms. The van der Waals surface area contributed by atoms with Gasteiger partial charge < -0.3 is 14.0 Å². The van der Waals surface area contributed by atoms with Crippen molar-refractivity contribution >= 4 is 5.69 Å². The standard InChI is InChI=1S/C23H25N3O4/c1-29-19-10-11-22(30-2)20(15-19)23-21-5-3-12-24(21)13-4-14-25(23)16-17-6-8-18(9-7-17)26(27)28/h3,5-12,15,23H,4,13-14,16H2,1-2H3/t23-/m0/s1. The average molecular weight is 407 g/mol. The first-order chi connectivity index (χ1) is 14.6. The first kappa shape index (κ1) is 20.0. The van der Waals surface area contributed by atoms with Crippen molar-refractivity contribution in [3.05, 3.63) is 87.7 Å². The number of fused-ring (bicyclic) bond motifs is 1. The summed E-state index contributed by atoms with van der Waals surface area (Å²) in [4.78, 5) is 13.0. The zero-order valence-electron chi connectivity index (χ0n) is 17.2. The maximum absolute atomic E-state index is 11.0. The largest absolute Gasteiger partial charge is 0.497 e. The SMILES string of the molecule is COc1ccc(OC)c([C@H]2c3cccn3CCCN2Cc2ccc([N+](=O)[O-])cc2)c1. The van der Waals surface area contributed by atoms with Crippen LogP contribution in [0.1, 0.15) is 29.3 Å². The van der Waals surface area contributed by atoms with Crippen LogP contribution in [0.15, 0.2) is 60.8 Å². The number of nitro benzene ring substituents is 1. The number of methoxy groups -OCH3 is 2. The van der Waals surface area contributed by atoms with Gasteiger partial charge in [0.2, 0.25) is 0 Å². The molecule has 1 atom stereocenters. The second kappa shape index (κ2) is 8.59. The molecule has 1 aromatic heterocycles. The summed E-state index contributed by atoms with van der Waals surface area (Å²) in [5, 5.41) is 11.0. The third-order valence-corrected chi connectivity index (χ3v) is 5.62. The van der Waals surface area contributed by atoms with Crippen molar-refractivity contribution in [2.24, 2.45) is 0 Å². The molecular formula is C23H25N3O4. The van der Waals surface area contributed by atoms with Crippen molar-refractivity contribution in [1.29, 1.82) is 0 Å². The predicted molar refractivity (Wildman–Crippen MR) is 114 cm³/mol. The van der Waals surface area contributed by atoms with Gasteiger partial charge in [-0.1, -0.05) is 12.1 Å². The van der Waals surface area contributed by atoms with Gasteiger partial charge in [-0.2, -0.15) is 0 Å². The van der Waals surface area contributed by atoms with Crippen LogP contribution >= 0.6 is 0 Å². The zero-order chi connectivity index (χ0) is 21.1. The highest BCUT2D eigenvalue weighted by Crippen LogP contribution is 2.39. The van der Waals surface area contributed by atoms with E-state index in [0.29, 0.717) is 6.54 Å². The van der Waals surface area contributed by atoms with Crippen molar-refractivity contribution in [3.63, 3.8) is 0 Å². The van der Waals surface area contributed by atoms with Crippen LogP contribution in [0, 0.1) is 10.1 Å². The van der Waals surface area contributed by atoms with Crippen molar-refractivity contribution in [2.45, 2.75) is 25.6 Å². The number of nitrogens with zero attached hydrogens (tertiary/aromatic N) is 3. The third kappa shape index (κ3) is 3.89. The fourth-order valence-electron chi connectivity index (χ4n) is 4.18. The Morgan fingerprint density at radius 1 is 1.07 bits per heavy atom. The van der Waals surface area contributed by atoms with Gasteiger partial charge in [0.15, 0.2) is 0 Å². The number of aromatic nitrogens is 1. The number of hydrogen-bond acceptors (Lipinski definition) is 5. The Bertz CT molecular complexity index is 1030. The van der Waals surface area contributed by atoms with E-state index in [0.717, 1.165) is 42.1 Å². The third-order valence-electron chi connectivity index (χ3n) is 5.62. The van der Waals surface area contributed by atoms with E-state index in [1.807, 2.05) is 30.3 Å². The fourth-order valence-corrected chi connectivity index (χ4v) is 4.18. The molecule has 2 heterocycles. The highest BCUT2D eigenvalue weighted by molar-refractivity contribution is 5.46. The van der Waals surface area contributed by atoms with E-state index in [1.165, 1.54) is 5.69 Å². The summed E-state index contributed by atoms with van der Waals surface area (Å²) in [7, 11) is 3.34. The van der Waals surface area contributed by atoms with Crippen LogP contribution in [0.4, 0.5) is 5.69 Å². The quantitative estimate of drug-likeness (QED) is 0.447. The highest BCUT2D eigenvalue weighted by Gasteiger charge is 2.30. The molecule has 7 nitrogen and oxygen atoms in total. The summed E-state index contributed by atoms with van der Waals surface area (Å²) in [6, 6.07) is 16.9. The van der Waals surface area contributed by atoms with E-state index >= 15 is 0 Å². The molecule has 0 unspecified atom stereocenters. The van der Waals surface area contributed by atoms with Crippen LogP contribution in [0.25, 0.3) is 0 Å². The second-order valence-electron chi connectivity index (χ2n) is 7.38. The summed E-state index contributed by atoms with van der Waals surface area (Å²) in [5.41, 5.74) is 3.38. The van der Waals surface area contributed by atoms with Crippen LogP contribution in [0.5, 0.6) is 11.5 Å². The Labute approximate surface area is 175 Å². The fraction of sp³-hybridized carbons (Fsp3) is 0.304. The van der Waals surface area contributed by atoms with E-state index in [2.05, 4.69) is 27.8 Å². The number of non-ortho nitro benzene ring substituents is 1. The summed E-state index contributed by atoms with van der Waals surface area (Å²) in [5.74, 6) is 1.59. The predicted octanol–water partition coefficient (Wildman–Crippen LogP) is 4.41. The first-order valence-electron chi connectivity index (χ1n) is 9.95. The monoisotopic (exact) mass is 407 g/mol. The van der Waals surface area contributed by atoms with Crippen molar-refractivity contribution in [3.8, 4) is 11.5 Å². The van der Waals surface area contributed by atoms with E-state index < -0.39 is 0 Å². The number of aryl methyl sites for hydroxylation is 1. The van der Waals surface area contributed by atoms with E-state index in [4.69, 9.17) is 9.47 Å². The second-order valence-corrected chi connectivity index (χ2v) is 7.38. The lowest BCUT2D eigenvalue weighted by molar-refractivity contribution is -0.384. The van der Waals surface area contributed by atoms with E-state index in [-0.39, 0.29) is 16.7 Å². The molecule has 0 saturated heterocycles. The van der Waals surface area contributed by atoms with Crippen LogP contribution in [-0.2, 0) is 13.1 Å². The Morgan fingerprint density at radius 3 is 2.57 bits per heavy atom. The molecule has 0 fully saturated rings. The lowest BCUT2D eigenvalue weighted by Crippen LogP contribution is -2.29. The van der Waals surface area contributed by atoms with Gasteiger partial charge in [-0.3, -0.25) is 15.0 Å². The Hall–Kier alpha value is -3.32. The van der Waals surface area contributed by atoms with Gasteiger partial charge in [0.1, 0.15) is 11.5 Å². The molecule has 0 spiro atoms. The topological polar surface area (TPSA) is 69.8 Å². The molecule has 0 N–H and O–H groups in total. The molecular weight excluding hydrogens is 382 g/mol. The molecule has 0 saturated carbocycles. The normalized spacial score (nSPS) is 16.5. The smallest absolute Gasteiger partial charge is 0.269 e. The lowest BCUT2D eigenvalue weighted by atomic mass is 9.99. The molecule has 7 heteroatoms. The number of ether oxygens (including phenoxy) is 2. The van der Waals surface area contributed by atoms with Crippen molar-refractivity contribution in [1.82, 2.24) is 9.47 Å². The minimum absolute atomic E-state index is 0.0252. The molecule has 1 aliphatic rings. The molecule has 0 aliphatic carbocycles. The van der Waals surface area contributed by atoms with E-state index in [1.54, 1.807) is 26.4 Å². The van der Waals surface area contributed by atoms with Crippen molar-refractivity contribution < 1.29 is 14.4 Å². The molecule has 2 aromatic carbocycles. The molecule has 0 radical (unpaired) electrons. The lowest BCUT2D eigenvalue weighted by Gasteiger charge is -2.31. The van der Waals surface area contributed by atoms with Crippen LogP contribution in [0.3, 0.4) is 0 Å². The van der Waals surface area contributed by atoms with Gasteiger partial charge in [-0.25, -0.2) is 0 Å². The zero-order valence-corrected chi connectivity index (χ0v) is 17.2. The number of rotatable bonds is 6. The van der Waals surface area contributed by atoms with Crippen LogP contribution in [-0.4, -0.2) is 35.2 Å². The molecule has 0 amide bonds. The minimum atomic E-state index is -0.369. The summed E-state index contributed by atoms with van der Waals surface area (Å²) < 4.78 is 13.5. The van der Waals surface area contributed by atoms with Crippen LogP contribution in [0.2, 0.25) is 0 Å². The molecule has 30 heavy (non-hydrogen) atoms. The molecule has 156 valence electrons. The summed E-state index contributed by atoms with van der Waals surface area (Å²) in [6.07, 6.45) is 3.13. The van der Waals surface area contributed by atoms with Gasteiger partial charge in [0, 0.05) is 49.2 Å². The maximum Gasteiger partial charge on any atom is 0.269 e. The number of benzene rings is 2. The summed E-state index contributed by atoms with van der Waals surface area (Å²) in [6.45, 7) is 2.51. The van der Waals surface area contributed by atoms with E-state index in [9.17, 15) is 10.1 Å². The van der Waals surface area contributed by atoms with Gasteiger partial charge in [-0.15, -0.1) is 0 Å². The van der Waals surface area contributed by atoms with Gasteiger partial charge in [0.05, 0.1) is 25.2 Å². The Morgan fingerprint density at radius 2 is 1.87 bits per heavy atom. The molecule has 1 aliphatic heterocycles. The van der Waals surface area contributed by atoms with Crippen LogP contribution < -0.4 is 9.47 Å². The number of nitro groups is 1. The minimum Gasteiger partial charge on any atom is -0.497 e. The average Bonchev–Trinajstić information content (AvgIpc) is 3.15. The maximum atomic E-state index is 11.0. The first-order valence-corrected chi connectivity index (χ1v) is 9.95. The van der Waals surface area contributed by atoms with Crippen molar-refractivity contribution in [2.75, 3.05) is 20.8 Å².